The summed E-state index contributed by atoms with van der Waals surface area (Å²) in [6.45, 7) is 8.36. The molecular formula is C15H25NO2S. The fourth-order valence-electron chi connectivity index (χ4n) is 2.03. The summed E-state index contributed by atoms with van der Waals surface area (Å²) in [5.74, 6) is 0.237. The predicted molar refractivity (Wildman–Crippen MR) is 81.3 cm³/mol. The molecule has 108 valence electrons. The van der Waals surface area contributed by atoms with E-state index in [1.165, 1.54) is 22.9 Å². The molecule has 0 aliphatic carbocycles. The van der Waals surface area contributed by atoms with E-state index in [-0.39, 0.29) is 17.8 Å². The zero-order valence-electron chi connectivity index (χ0n) is 12.5. The molecule has 0 aliphatic rings. The summed E-state index contributed by atoms with van der Waals surface area (Å²) in [6.07, 6.45) is 1.93. The molecule has 0 unspecified atom stereocenters. The lowest BCUT2D eigenvalue weighted by molar-refractivity contribution is 0.468. The van der Waals surface area contributed by atoms with E-state index in [1.54, 1.807) is 0 Å². The molecular weight excluding hydrogens is 258 g/mol. The number of sulfone groups is 1. The van der Waals surface area contributed by atoms with Crippen LogP contribution in [0.2, 0.25) is 0 Å². The monoisotopic (exact) mass is 283 g/mol. The van der Waals surface area contributed by atoms with E-state index < -0.39 is 9.84 Å². The molecule has 4 heteroatoms. The molecule has 0 aliphatic heterocycles. The topological polar surface area (TPSA) is 46.2 Å². The van der Waals surface area contributed by atoms with Gasteiger partial charge in [0.05, 0.1) is 5.75 Å². The van der Waals surface area contributed by atoms with Crippen LogP contribution in [-0.4, -0.2) is 26.5 Å². The Kier molecular flexibility index (Phi) is 5.56. The molecule has 1 aromatic rings. The molecule has 0 spiro atoms. The summed E-state index contributed by atoms with van der Waals surface area (Å²) in [4.78, 5) is 0. The van der Waals surface area contributed by atoms with E-state index in [1.807, 2.05) is 6.92 Å². The number of hydrogen-bond acceptors (Lipinski definition) is 3. The summed E-state index contributed by atoms with van der Waals surface area (Å²) < 4.78 is 22.3. The highest BCUT2D eigenvalue weighted by Crippen LogP contribution is 2.17. The van der Waals surface area contributed by atoms with Gasteiger partial charge in [0.1, 0.15) is 9.84 Å². The Labute approximate surface area is 117 Å². The van der Waals surface area contributed by atoms with Gasteiger partial charge in [-0.3, -0.25) is 0 Å². The molecule has 1 N–H and O–H groups in total. The van der Waals surface area contributed by atoms with Crippen molar-refractivity contribution < 1.29 is 8.42 Å². The number of rotatable bonds is 6. The second-order valence-electron chi connectivity index (χ2n) is 5.55. The van der Waals surface area contributed by atoms with Crippen LogP contribution in [0.15, 0.2) is 18.2 Å². The van der Waals surface area contributed by atoms with Crippen molar-refractivity contribution in [3.8, 4) is 0 Å². The lowest BCUT2D eigenvalue weighted by Crippen LogP contribution is -2.30. The summed E-state index contributed by atoms with van der Waals surface area (Å²) >= 11 is 0. The molecule has 3 nitrogen and oxygen atoms in total. The lowest BCUT2D eigenvalue weighted by atomic mass is 10.0. The van der Waals surface area contributed by atoms with E-state index in [2.05, 4.69) is 44.3 Å². The maximum Gasteiger partial charge on any atom is 0.147 e. The maximum atomic E-state index is 11.1. The van der Waals surface area contributed by atoms with Gasteiger partial charge in [-0.05, 0) is 50.8 Å². The Morgan fingerprint density at radius 3 is 2.32 bits per heavy atom. The molecule has 19 heavy (non-hydrogen) atoms. The third-order valence-electron chi connectivity index (χ3n) is 3.49. The minimum Gasteiger partial charge on any atom is -0.308 e. The SMILES string of the molecule is Cc1ccc([C@H](C)N[C@@H](C)CCS(C)(=O)=O)cc1C. The van der Waals surface area contributed by atoms with Gasteiger partial charge in [0.2, 0.25) is 0 Å². The minimum absolute atomic E-state index is 0.186. The molecule has 0 amide bonds. The summed E-state index contributed by atoms with van der Waals surface area (Å²) in [5, 5.41) is 3.45. The first-order valence-corrected chi connectivity index (χ1v) is 8.76. The zero-order chi connectivity index (χ0) is 14.6. The number of nitrogens with one attached hydrogen (secondary N) is 1. The first-order chi connectivity index (χ1) is 8.69. The smallest absolute Gasteiger partial charge is 0.147 e. The Hall–Kier alpha value is -0.870. The normalized spacial score (nSPS) is 15.2. The van der Waals surface area contributed by atoms with Gasteiger partial charge in [0, 0.05) is 18.3 Å². The maximum absolute atomic E-state index is 11.1. The number of benzene rings is 1. The van der Waals surface area contributed by atoms with Crippen LogP contribution >= 0.6 is 0 Å². The van der Waals surface area contributed by atoms with Gasteiger partial charge in [-0.15, -0.1) is 0 Å². The first-order valence-electron chi connectivity index (χ1n) is 6.70. The van der Waals surface area contributed by atoms with Crippen molar-refractivity contribution in [2.24, 2.45) is 0 Å². The average Bonchev–Trinajstić information content (AvgIpc) is 2.29. The fraction of sp³-hybridized carbons (Fsp3) is 0.600. The van der Waals surface area contributed by atoms with Crippen LogP contribution in [0.5, 0.6) is 0 Å². The fourth-order valence-corrected chi connectivity index (χ4v) is 2.81. The summed E-state index contributed by atoms with van der Waals surface area (Å²) in [5.41, 5.74) is 3.82. The van der Waals surface area contributed by atoms with E-state index in [0.29, 0.717) is 6.42 Å². The lowest BCUT2D eigenvalue weighted by Gasteiger charge is -2.21. The Morgan fingerprint density at radius 2 is 1.79 bits per heavy atom. The Balaban J connectivity index is 2.58. The first kappa shape index (κ1) is 16.2. The minimum atomic E-state index is -2.87. The average molecular weight is 283 g/mol. The molecule has 0 saturated carbocycles. The number of aryl methyl sites for hydroxylation is 2. The van der Waals surface area contributed by atoms with Gasteiger partial charge in [0.25, 0.3) is 0 Å². The van der Waals surface area contributed by atoms with Crippen LogP contribution in [0.1, 0.15) is 43.0 Å². The molecule has 0 bridgehead atoms. The van der Waals surface area contributed by atoms with Crippen molar-refractivity contribution >= 4 is 9.84 Å². The van der Waals surface area contributed by atoms with E-state index >= 15 is 0 Å². The molecule has 0 fully saturated rings. The molecule has 0 aromatic heterocycles. The van der Waals surface area contributed by atoms with Crippen LogP contribution < -0.4 is 5.32 Å². The van der Waals surface area contributed by atoms with Crippen LogP contribution in [0.25, 0.3) is 0 Å². The second-order valence-corrected chi connectivity index (χ2v) is 7.81. The van der Waals surface area contributed by atoms with Gasteiger partial charge >= 0.3 is 0 Å². The third kappa shape index (κ3) is 5.74. The molecule has 1 aromatic carbocycles. The van der Waals surface area contributed by atoms with Gasteiger partial charge in [-0.2, -0.15) is 0 Å². The molecule has 1 rings (SSSR count). The van der Waals surface area contributed by atoms with Crippen molar-refractivity contribution in [1.29, 1.82) is 0 Å². The third-order valence-corrected chi connectivity index (χ3v) is 4.46. The van der Waals surface area contributed by atoms with E-state index in [9.17, 15) is 8.42 Å². The quantitative estimate of drug-likeness (QED) is 0.873. The van der Waals surface area contributed by atoms with Gasteiger partial charge in [-0.1, -0.05) is 18.2 Å². The van der Waals surface area contributed by atoms with Crippen molar-refractivity contribution in [1.82, 2.24) is 5.32 Å². The van der Waals surface area contributed by atoms with Crippen LogP contribution in [0, 0.1) is 13.8 Å². The Morgan fingerprint density at radius 1 is 1.16 bits per heavy atom. The van der Waals surface area contributed by atoms with E-state index in [4.69, 9.17) is 0 Å². The van der Waals surface area contributed by atoms with Crippen molar-refractivity contribution in [3.05, 3.63) is 34.9 Å². The van der Waals surface area contributed by atoms with Gasteiger partial charge < -0.3 is 5.32 Å². The molecule has 0 heterocycles. The Bertz CT molecular complexity index is 523. The van der Waals surface area contributed by atoms with Gasteiger partial charge in [0.15, 0.2) is 0 Å². The van der Waals surface area contributed by atoms with Crippen LogP contribution in [0.4, 0.5) is 0 Å². The number of hydrogen-bond donors (Lipinski definition) is 1. The van der Waals surface area contributed by atoms with E-state index in [0.717, 1.165) is 0 Å². The second kappa shape index (κ2) is 6.53. The highest BCUT2D eigenvalue weighted by atomic mass is 32.2. The van der Waals surface area contributed by atoms with Crippen LogP contribution in [0.3, 0.4) is 0 Å². The molecule has 2 atom stereocenters. The predicted octanol–water partition coefficient (Wildman–Crippen LogP) is 2.78. The van der Waals surface area contributed by atoms with Crippen molar-refractivity contribution in [3.63, 3.8) is 0 Å². The summed E-state index contributed by atoms with van der Waals surface area (Å²) in [6, 6.07) is 6.86. The highest BCUT2D eigenvalue weighted by Gasteiger charge is 2.12. The largest absolute Gasteiger partial charge is 0.308 e. The summed E-state index contributed by atoms with van der Waals surface area (Å²) in [7, 11) is -2.87. The standard InChI is InChI=1S/C15H25NO2S/c1-11-6-7-15(10-12(11)2)14(4)16-13(3)8-9-19(5,17)18/h6-7,10,13-14,16H,8-9H2,1-5H3/t13-,14-/m0/s1. The van der Waals surface area contributed by atoms with Crippen molar-refractivity contribution in [2.45, 2.75) is 46.2 Å². The molecule has 0 saturated heterocycles. The van der Waals surface area contributed by atoms with Crippen molar-refractivity contribution in [2.75, 3.05) is 12.0 Å². The van der Waals surface area contributed by atoms with Crippen LogP contribution in [-0.2, 0) is 9.84 Å². The molecule has 0 radical (unpaired) electrons. The van der Waals surface area contributed by atoms with Gasteiger partial charge in [-0.25, -0.2) is 8.42 Å². The highest BCUT2D eigenvalue weighted by molar-refractivity contribution is 7.90. The zero-order valence-corrected chi connectivity index (χ0v) is 13.3.